The molecule has 0 aromatic heterocycles. The third-order valence-corrected chi connectivity index (χ3v) is 1.70. The van der Waals surface area contributed by atoms with Gasteiger partial charge in [-0.25, -0.2) is 0 Å². The molecule has 1 amide bonds. The number of rotatable bonds is 9. The Morgan fingerprint density at radius 2 is 2.13 bits per heavy atom. The maximum Gasteiger partial charge on any atom is 0.221 e. The van der Waals surface area contributed by atoms with Gasteiger partial charge in [0.2, 0.25) is 5.91 Å². The van der Waals surface area contributed by atoms with E-state index in [1.807, 2.05) is 13.8 Å². The molecular formula is C11H22N2O2. The van der Waals surface area contributed by atoms with Crippen molar-refractivity contribution in [2.75, 3.05) is 32.8 Å². The van der Waals surface area contributed by atoms with E-state index in [0.29, 0.717) is 26.2 Å². The van der Waals surface area contributed by atoms with E-state index < -0.39 is 0 Å². The zero-order valence-electron chi connectivity index (χ0n) is 9.77. The van der Waals surface area contributed by atoms with E-state index in [1.165, 1.54) is 0 Å². The Morgan fingerprint density at radius 1 is 1.40 bits per heavy atom. The maximum absolute atomic E-state index is 11.2. The van der Waals surface area contributed by atoms with Gasteiger partial charge in [-0.2, -0.15) is 0 Å². The number of hydrogen-bond acceptors (Lipinski definition) is 3. The summed E-state index contributed by atoms with van der Waals surface area (Å²) in [7, 11) is 0. The Kier molecular flexibility index (Phi) is 9.11. The van der Waals surface area contributed by atoms with Crippen molar-refractivity contribution in [3.8, 4) is 0 Å². The van der Waals surface area contributed by atoms with Crippen molar-refractivity contribution >= 4 is 5.91 Å². The topological polar surface area (TPSA) is 50.4 Å². The number of carbonyl (C=O) groups excluding carboxylic acids is 1. The summed E-state index contributed by atoms with van der Waals surface area (Å²) in [6.07, 6.45) is 0.522. The van der Waals surface area contributed by atoms with Gasteiger partial charge in [0.25, 0.3) is 0 Å². The lowest BCUT2D eigenvalue weighted by Crippen LogP contribution is -2.30. The first-order valence-electron chi connectivity index (χ1n) is 5.36. The van der Waals surface area contributed by atoms with Crippen LogP contribution in [-0.4, -0.2) is 38.8 Å². The minimum atomic E-state index is 0.0647. The normalized spacial score (nSPS) is 10.0. The number of amides is 1. The van der Waals surface area contributed by atoms with E-state index in [2.05, 4.69) is 17.2 Å². The molecule has 0 aromatic carbocycles. The Hall–Kier alpha value is -0.870. The lowest BCUT2D eigenvalue weighted by atomic mass is 10.4. The second kappa shape index (κ2) is 9.68. The second-order valence-electron chi connectivity index (χ2n) is 3.46. The second-order valence-corrected chi connectivity index (χ2v) is 3.46. The van der Waals surface area contributed by atoms with Crippen molar-refractivity contribution in [3.05, 3.63) is 12.2 Å². The minimum absolute atomic E-state index is 0.0647. The molecule has 2 N–H and O–H groups in total. The molecule has 0 bridgehead atoms. The van der Waals surface area contributed by atoms with Gasteiger partial charge in [0.05, 0.1) is 13.2 Å². The van der Waals surface area contributed by atoms with Crippen LogP contribution in [0.25, 0.3) is 0 Å². The summed E-state index contributed by atoms with van der Waals surface area (Å²) in [5.41, 5.74) is 0.994. The number of hydrogen-bond donors (Lipinski definition) is 2. The van der Waals surface area contributed by atoms with Crippen LogP contribution in [0, 0.1) is 0 Å². The van der Waals surface area contributed by atoms with Gasteiger partial charge in [0.15, 0.2) is 0 Å². The van der Waals surface area contributed by atoms with E-state index in [9.17, 15) is 4.79 Å². The van der Waals surface area contributed by atoms with Crippen molar-refractivity contribution in [2.45, 2.75) is 20.3 Å². The summed E-state index contributed by atoms with van der Waals surface area (Å²) in [5.74, 6) is 0.0647. The zero-order chi connectivity index (χ0) is 11.5. The summed E-state index contributed by atoms with van der Waals surface area (Å²) in [4.78, 5) is 11.2. The summed E-state index contributed by atoms with van der Waals surface area (Å²) < 4.78 is 5.24. The first-order chi connectivity index (χ1) is 7.16. The van der Waals surface area contributed by atoms with Gasteiger partial charge in [-0.15, -0.1) is 0 Å². The lowest BCUT2D eigenvalue weighted by molar-refractivity contribution is -0.121. The molecule has 88 valence electrons. The summed E-state index contributed by atoms with van der Waals surface area (Å²) in [5, 5.41) is 5.87. The Bertz CT molecular complexity index is 193. The van der Waals surface area contributed by atoms with Crippen LogP contribution in [0.15, 0.2) is 12.2 Å². The Morgan fingerprint density at radius 3 is 2.73 bits per heavy atom. The van der Waals surface area contributed by atoms with Gasteiger partial charge in [0.1, 0.15) is 0 Å². The predicted molar refractivity (Wildman–Crippen MR) is 61.8 cm³/mol. The third-order valence-electron chi connectivity index (χ3n) is 1.70. The summed E-state index contributed by atoms with van der Waals surface area (Å²) >= 11 is 0. The molecule has 0 radical (unpaired) electrons. The zero-order valence-corrected chi connectivity index (χ0v) is 9.77. The van der Waals surface area contributed by atoms with Crippen molar-refractivity contribution in [1.82, 2.24) is 10.6 Å². The first kappa shape index (κ1) is 14.1. The monoisotopic (exact) mass is 214 g/mol. The molecule has 0 saturated carbocycles. The van der Waals surface area contributed by atoms with Gasteiger partial charge < -0.3 is 15.4 Å². The quantitative estimate of drug-likeness (QED) is 0.439. The van der Waals surface area contributed by atoms with Gasteiger partial charge in [-0.3, -0.25) is 4.79 Å². The largest absolute Gasteiger partial charge is 0.375 e. The highest BCUT2D eigenvalue weighted by Gasteiger charge is 1.98. The molecule has 0 atom stereocenters. The summed E-state index contributed by atoms with van der Waals surface area (Å²) in [6, 6.07) is 0. The fourth-order valence-electron chi connectivity index (χ4n) is 0.976. The van der Waals surface area contributed by atoms with E-state index >= 15 is 0 Å². The molecule has 0 aromatic rings. The van der Waals surface area contributed by atoms with Crippen LogP contribution >= 0.6 is 0 Å². The average Bonchev–Trinajstić information content (AvgIpc) is 2.17. The molecule has 0 heterocycles. The first-order valence-corrected chi connectivity index (χ1v) is 5.36. The number of ether oxygens (including phenoxy) is 1. The van der Waals surface area contributed by atoms with Crippen LogP contribution < -0.4 is 10.6 Å². The van der Waals surface area contributed by atoms with Crippen LogP contribution in [0.5, 0.6) is 0 Å². The van der Waals surface area contributed by atoms with Crippen molar-refractivity contribution < 1.29 is 9.53 Å². The van der Waals surface area contributed by atoms with Crippen LogP contribution in [0.2, 0.25) is 0 Å². The van der Waals surface area contributed by atoms with Crippen LogP contribution in [-0.2, 0) is 9.53 Å². The van der Waals surface area contributed by atoms with Crippen molar-refractivity contribution in [2.24, 2.45) is 0 Å². The van der Waals surface area contributed by atoms with E-state index in [1.54, 1.807) is 0 Å². The van der Waals surface area contributed by atoms with E-state index in [-0.39, 0.29) is 5.91 Å². The van der Waals surface area contributed by atoms with Crippen LogP contribution in [0.3, 0.4) is 0 Å². The standard InChI is InChI=1S/C11H22N2O2/c1-4-12-6-5-11(14)13-7-8-15-9-10(2)3/h12H,2,4-9H2,1,3H3,(H,13,14). The molecule has 0 unspecified atom stereocenters. The molecule has 0 aliphatic rings. The molecular weight excluding hydrogens is 192 g/mol. The molecule has 0 aliphatic carbocycles. The lowest BCUT2D eigenvalue weighted by Gasteiger charge is -2.06. The average molecular weight is 214 g/mol. The Balaban J connectivity index is 3.20. The van der Waals surface area contributed by atoms with Gasteiger partial charge in [-0.05, 0) is 13.5 Å². The predicted octanol–water partition coefficient (Wildman–Crippen LogP) is 0.695. The smallest absolute Gasteiger partial charge is 0.221 e. The van der Waals surface area contributed by atoms with Gasteiger partial charge >= 0.3 is 0 Å². The summed E-state index contributed by atoms with van der Waals surface area (Å²) in [6.45, 7) is 10.9. The highest BCUT2D eigenvalue weighted by atomic mass is 16.5. The minimum Gasteiger partial charge on any atom is -0.375 e. The molecule has 15 heavy (non-hydrogen) atoms. The van der Waals surface area contributed by atoms with Gasteiger partial charge in [-0.1, -0.05) is 19.1 Å². The SMILES string of the molecule is C=C(C)COCCNC(=O)CCNCC. The fourth-order valence-corrected chi connectivity index (χ4v) is 0.976. The molecule has 0 rings (SSSR count). The fraction of sp³-hybridized carbons (Fsp3) is 0.727. The highest BCUT2D eigenvalue weighted by molar-refractivity contribution is 5.75. The molecule has 0 spiro atoms. The van der Waals surface area contributed by atoms with Crippen LogP contribution in [0.1, 0.15) is 20.3 Å². The number of carbonyl (C=O) groups is 1. The molecule has 0 fully saturated rings. The van der Waals surface area contributed by atoms with Crippen LogP contribution in [0.4, 0.5) is 0 Å². The molecule has 4 nitrogen and oxygen atoms in total. The van der Waals surface area contributed by atoms with E-state index in [0.717, 1.165) is 18.7 Å². The van der Waals surface area contributed by atoms with E-state index in [4.69, 9.17) is 4.74 Å². The maximum atomic E-state index is 11.2. The Labute approximate surface area is 92.1 Å². The van der Waals surface area contributed by atoms with Crippen molar-refractivity contribution in [3.63, 3.8) is 0 Å². The number of nitrogens with one attached hydrogen (secondary N) is 2. The highest BCUT2D eigenvalue weighted by Crippen LogP contribution is 1.86. The van der Waals surface area contributed by atoms with Gasteiger partial charge in [0, 0.05) is 19.5 Å². The molecule has 0 saturated heterocycles. The molecule has 4 heteroatoms. The van der Waals surface area contributed by atoms with Crippen molar-refractivity contribution in [1.29, 1.82) is 0 Å². The molecule has 0 aliphatic heterocycles. The third kappa shape index (κ3) is 11.1.